The summed E-state index contributed by atoms with van der Waals surface area (Å²) in [6, 6.07) is -0.592. The Morgan fingerprint density at radius 1 is 1.56 bits per heavy atom. The molecule has 2 rings (SSSR count). The molecule has 0 radical (unpaired) electrons. The highest BCUT2D eigenvalue weighted by atomic mass is 16.2. The van der Waals surface area contributed by atoms with Crippen molar-refractivity contribution in [2.45, 2.75) is 19.8 Å². The van der Waals surface area contributed by atoms with Crippen LogP contribution in [0.15, 0.2) is 21.1 Å². The van der Waals surface area contributed by atoms with Gasteiger partial charge in [-0.3, -0.25) is 4.79 Å². The van der Waals surface area contributed by atoms with E-state index in [9.17, 15) is 9.59 Å². The van der Waals surface area contributed by atoms with E-state index in [-0.39, 0.29) is 11.5 Å². The Morgan fingerprint density at radius 3 is 3.00 bits per heavy atom. The van der Waals surface area contributed by atoms with Crippen LogP contribution < -0.4 is 5.32 Å². The molecule has 16 heavy (non-hydrogen) atoms. The second-order valence-corrected chi connectivity index (χ2v) is 3.73. The highest BCUT2D eigenvalue weighted by Crippen LogP contribution is 2.17. The number of rotatable bonds is 3. The van der Waals surface area contributed by atoms with Crippen LogP contribution in [-0.4, -0.2) is 36.8 Å². The van der Waals surface area contributed by atoms with Crippen molar-refractivity contribution in [2.75, 3.05) is 13.1 Å². The van der Waals surface area contributed by atoms with Crippen molar-refractivity contribution in [2.24, 2.45) is 9.98 Å². The summed E-state index contributed by atoms with van der Waals surface area (Å²) in [5.41, 5.74) is 2.06. The quantitative estimate of drug-likeness (QED) is 0.766. The Bertz CT molecular complexity index is 433. The van der Waals surface area contributed by atoms with Crippen molar-refractivity contribution in [1.82, 2.24) is 5.32 Å². The minimum absolute atomic E-state index is 0.162. The topological polar surface area (TPSA) is 70.9 Å². The Morgan fingerprint density at radius 2 is 2.38 bits per heavy atom. The van der Waals surface area contributed by atoms with E-state index in [4.69, 9.17) is 0 Å². The van der Waals surface area contributed by atoms with Crippen LogP contribution in [0, 0.1) is 0 Å². The van der Waals surface area contributed by atoms with Gasteiger partial charge in [0.05, 0.1) is 6.21 Å². The highest BCUT2D eigenvalue weighted by molar-refractivity contribution is 6.67. The number of aliphatic imine (C=N–C) groups is 2. The van der Waals surface area contributed by atoms with Crippen molar-refractivity contribution in [3.05, 3.63) is 11.1 Å². The van der Waals surface area contributed by atoms with Crippen LogP contribution in [0.1, 0.15) is 19.8 Å². The van der Waals surface area contributed by atoms with Gasteiger partial charge in [0.2, 0.25) is 5.78 Å². The standard InChI is InChI=1S/C11H13N3O2/c1-2-7-3-4-12-5-8(7)10(15)9-6-13-11(16)14-9/h6,12H,2-5H2,1H3. The molecule has 0 unspecified atom stereocenters. The molecule has 5 heteroatoms. The third kappa shape index (κ3) is 1.99. The molecule has 2 aliphatic heterocycles. The fourth-order valence-electron chi connectivity index (χ4n) is 1.90. The number of carbonyl (C=O) groups excluding carboxylic acids is 2. The summed E-state index contributed by atoms with van der Waals surface area (Å²) < 4.78 is 0. The van der Waals surface area contributed by atoms with Gasteiger partial charge in [0.25, 0.3) is 0 Å². The molecule has 0 aromatic carbocycles. The second-order valence-electron chi connectivity index (χ2n) is 3.73. The van der Waals surface area contributed by atoms with E-state index < -0.39 is 6.03 Å². The summed E-state index contributed by atoms with van der Waals surface area (Å²) in [7, 11) is 0. The maximum atomic E-state index is 12.0. The maximum Gasteiger partial charge on any atom is 0.367 e. The lowest BCUT2D eigenvalue weighted by molar-refractivity contribution is -0.109. The average molecular weight is 219 g/mol. The van der Waals surface area contributed by atoms with Crippen molar-refractivity contribution in [1.29, 1.82) is 0 Å². The summed E-state index contributed by atoms with van der Waals surface area (Å²) in [5.74, 6) is -0.168. The number of Topliss-reactive ketones (excluding diaryl/α,β-unsaturated/α-hetero) is 1. The van der Waals surface area contributed by atoms with E-state index in [2.05, 4.69) is 15.3 Å². The molecule has 2 heterocycles. The first-order valence-corrected chi connectivity index (χ1v) is 5.35. The predicted molar refractivity (Wildman–Crippen MR) is 61.1 cm³/mol. The molecule has 5 nitrogen and oxygen atoms in total. The van der Waals surface area contributed by atoms with E-state index in [1.165, 1.54) is 6.21 Å². The summed E-state index contributed by atoms with van der Waals surface area (Å²) in [6.07, 6.45) is 3.00. The van der Waals surface area contributed by atoms with Gasteiger partial charge in [0, 0.05) is 12.1 Å². The molecule has 2 amide bonds. The number of urea groups is 1. The molecule has 0 aromatic heterocycles. The van der Waals surface area contributed by atoms with Crippen LogP contribution >= 0.6 is 0 Å². The van der Waals surface area contributed by atoms with E-state index >= 15 is 0 Å². The lowest BCUT2D eigenvalue weighted by atomic mass is 9.94. The van der Waals surface area contributed by atoms with Crippen LogP contribution in [0.4, 0.5) is 4.79 Å². The van der Waals surface area contributed by atoms with Crippen molar-refractivity contribution in [3.63, 3.8) is 0 Å². The van der Waals surface area contributed by atoms with Gasteiger partial charge in [0.1, 0.15) is 5.71 Å². The van der Waals surface area contributed by atoms with Gasteiger partial charge < -0.3 is 5.32 Å². The first-order chi connectivity index (χ1) is 7.72. The van der Waals surface area contributed by atoms with Crippen molar-refractivity contribution >= 4 is 23.7 Å². The molecule has 0 aliphatic carbocycles. The van der Waals surface area contributed by atoms with E-state index in [1.54, 1.807) is 0 Å². The molecular formula is C11H13N3O2. The number of hydrogen-bond acceptors (Lipinski definition) is 3. The SMILES string of the molecule is CCC1=C(C(=O)C2=NC(=O)N=C2)CNCC1. The molecule has 1 N–H and O–H groups in total. The number of nitrogens with one attached hydrogen (secondary N) is 1. The number of hydrogen-bond donors (Lipinski definition) is 1. The zero-order valence-electron chi connectivity index (χ0n) is 9.12. The predicted octanol–water partition coefficient (Wildman–Crippen LogP) is 0.901. The highest BCUT2D eigenvalue weighted by Gasteiger charge is 2.23. The Kier molecular flexibility index (Phi) is 3.05. The van der Waals surface area contributed by atoms with Crippen LogP contribution in [0.2, 0.25) is 0 Å². The first-order valence-electron chi connectivity index (χ1n) is 5.35. The fraction of sp³-hybridized carbons (Fsp3) is 0.455. The van der Waals surface area contributed by atoms with E-state index in [0.717, 1.165) is 30.5 Å². The van der Waals surface area contributed by atoms with Crippen molar-refractivity contribution < 1.29 is 9.59 Å². The molecule has 0 aromatic rings. The first kappa shape index (κ1) is 10.9. The normalized spacial score (nSPS) is 20.3. The van der Waals surface area contributed by atoms with Crippen LogP contribution in [-0.2, 0) is 4.79 Å². The number of amides is 2. The smallest absolute Gasteiger partial charge is 0.312 e. The molecule has 2 aliphatic rings. The summed E-state index contributed by atoms with van der Waals surface area (Å²) in [5, 5.41) is 3.15. The van der Waals surface area contributed by atoms with Gasteiger partial charge in [-0.05, 0) is 19.4 Å². The third-order valence-corrected chi connectivity index (χ3v) is 2.78. The molecule has 84 valence electrons. The molecule has 0 bridgehead atoms. The summed E-state index contributed by atoms with van der Waals surface area (Å²) >= 11 is 0. The maximum absolute atomic E-state index is 12.0. The zero-order valence-corrected chi connectivity index (χ0v) is 9.12. The molecule has 0 fully saturated rings. The Labute approximate surface area is 93.4 Å². The van der Waals surface area contributed by atoms with Gasteiger partial charge in [-0.1, -0.05) is 12.5 Å². The van der Waals surface area contributed by atoms with Crippen molar-refractivity contribution in [3.8, 4) is 0 Å². The minimum Gasteiger partial charge on any atom is -0.312 e. The molecule has 0 atom stereocenters. The third-order valence-electron chi connectivity index (χ3n) is 2.78. The second kappa shape index (κ2) is 4.49. The average Bonchev–Trinajstić information content (AvgIpc) is 2.75. The molecule has 0 saturated heterocycles. The fourth-order valence-corrected chi connectivity index (χ4v) is 1.90. The lowest BCUT2D eigenvalue weighted by Gasteiger charge is -2.19. The number of nitrogens with zero attached hydrogens (tertiary/aromatic N) is 2. The Hall–Kier alpha value is -1.62. The van der Waals surface area contributed by atoms with E-state index in [1.807, 2.05) is 6.92 Å². The Balaban J connectivity index is 2.27. The van der Waals surface area contributed by atoms with Gasteiger partial charge in [-0.15, -0.1) is 0 Å². The van der Waals surface area contributed by atoms with Gasteiger partial charge in [-0.25, -0.2) is 4.79 Å². The van der Waals surface area contributed by atoms with Gasteiger partial charge in [-0.2, -0.15) is 9.98 Å². The summed E-state index contributed by atoms with van der Waals surface area (Å²) in [4.78, 5) is 29.9. The number of ketones is 1. The van der Waals surface area contributed by atoms with Gasteiger partial charge >= 0.3 is 6.03 Å². The van der Waals surface area contributed by atoms with Crippen LogP contribution in [0.3, 0.4) is 0 Å². The molecule has 0 spiro atoms. The number of carbonyl (C=O) groups is 2. The molecule has 0 saturated carbocycles. The summed E-state index contributed by atoms with van der Waals surface area (Å²) in [6.45, 7) is 3.49. The largest absolute Gasteiger partial charge is 0.367 e. The molecular weight excluding hydrogens is 206 g/mol. The van der Waals surface area contributed by atoms with Crippen LogP contribution in [0.5, 0.6) is 0 Å². The van der Waals surface area contributed by atoms with Gasteiger partial charge in [0.15, 0.2) is 0 Å². The van der Waals surface area contributed by atoms with Crippen LogP contribution in [0.25, 0.3) is 0 Å². The zero-order chi connectivity index (χ0) is 11.5. The minimum atomic E-state index is -0.592. The lowest BCUT2D eigenvalue weighted by Crippen LogP contribution is -2.31. The van der Waals surface area contributed by atoms with E-state index in [0.29, 0.717) is 6.54 Å². The monoisotopic (exact) mass is 219 g/mol.